The van der Waals surface area contributed by atoms with Gasteiger partial charge in [-0.05, 0) is 61.5 Å². The molecule has 3 N–H and O–H groups in total. The van der Waals surface area contributed by atoms with Gasteiger partial charge in [0.25, 0.3) is 5.91 Å². The molecule has 0 aromatic heterocycles. The summed E-state index contributed by atoms with van der Waals surface area (Å²) in [6, 6.07) is 8.79. The number of aromatic carboxylic acids is 1. The molecule has 0 aliphatic carbocycles. The molecule has 1 saturated heterocycles. The number of nitrogens with zero attached hydrogens (tertiary/aromatic N) is 2. The molecule has 1 fully saturated rings. The molecule has 0 unspecified atom stereocenters. The van der Waals surface area contributed by atoms with Crippen molar-refractivity contribution in [1.29, 1.82) is 0 Å². The first-order valence-corrected chi connectivity index (χ1v) is 9.97. The highest BCUT2D eigenvalue weighted by molar-refractivity contribution is 8.18. The van der Waals surface area contributed by atoms with E-state index in [1.165, 1.54) is 40.9 Å². The lowest BCUT2D eigenvalue weighted by atomic mass is 10.2. The number of benzene rings is 2. The number of phenols is 2. The summed E-state index contributed by atoms with van der Waals surface area (Å²) in [5.74, 6) is -1.51. The SMILES string of the molecule is CCOc1cc(/C=C2\SC(=Nc3ccc(C(=O)O)c(O)c3)N(CC)C2=O)ccc1O. The molecule has 0 bridgehead atoms. The van der Waals surface area contributed by atoms with Crippen LogP contribution in [0.1, 0.15) is 29.8 Å². The highest BCUT2D eigenvalue weighted by Gasteiger charge is 2.32. The van der Waals surface area contributed by atoms with Crippen LogP contribution in [0, 0.1) is 0 Å². The third-order valence-corrected chi connectivity index (χ3v) is 5.23. The van der Waals surface area contributed by atoms with Crippen molar-refractivity contribution in [2.45, 2.75) is 13.8 Å². The Bertz CT molecular complexity index is 1060. The molecule has 2 aromatic rings. The molecule has 9 heteroatoms. The lowest BCUT2D eigenvalue weighted by Gasteiger charge is -2.12. The monoisotopic (exact) mass is 428 g/mol. The molecule has 3 rings (SSSR count). The Balaban J connectivity index is 1.92. The molecule has 8 nitrogen and oxygen atoms in total. The van der Waals surface area contributed by atoms with Crippen LogP contribution in [0.15, 0.2) is 46.3 Å². The highest BCUT2D eigenvalue weighted by atomic mass is 32.2. The summed E-state index contributed by atoms with van der Waals surface area (Å²) in [7, 11) is 0. The lowest BCUT2D eigenvalue weighted by molar-refractivity contribution is -0.122. The number of likely N-dealkylation sites (N-methyl/N-ethyl adjacent to an activating group) is 1. The predicted octanol–water partition coefficient (Wildman–Crippen LogP) is 3.82. The first kappa shape index (κ1) is 21.3. The van der Waals surface area contributed by atoms with Crippen molar-refractivity contribution in [3.05, 3.63) is 52.4 Å². The van der Waals surface area contributed by atoms with Crippen LogP contribution in [0.2, 0.25) is 0 Å². The number of aromatic hydroxyl groups is 2. The van der Waals surface area contributed by atoms with Crippen LogP contribution in [0.25, 0.3) is 6.08 Å². The molecule has 0 saturated carbocycles. The fraction of sp³-hybridized carbons (Fsp3) is 0.190. The number of hydrogen-bond donors (Lipinski definition) is 3. The van der Waals surface area contributed by atoms with Crippen LogP contribution in [0.3, 0.4) is 0 Å². The van der Waals surface area contributed by atoms with E-state index in [0.29, 0.717) is 40.2 Å². The van der Waals surface area contributed by atoms with Crippen molar-refractivity contribution in [2.24, 2.45) is 4.99 Å². The van der Waals surface area contributed by atoms with E-state index in [-0.39, 0.29) is 17.2 Å². The van der Waals surface area contributed by atoms with E-state index < -0.39 is 11.7 Å². The van der Waals surface area contributed by atoms with Gasteiger partial charge in [0.15, 0.2) is 16.7 Å². The summed E-state index contributed by atoms with van der Waals surface area (Å²) in [6.07, 6.45) is 1.69. The second-order valence-corrected chi connectivity index (χ2v) is 7.23. The second-order valence-electron chi connectivity index (χ2n) is 6.22. The number of carbonyl (C=O) groups excluding carboxylic acids is 1. The molecule has 30 heavy (non-hydrogen) atoms. The molecule has 1 amide bonds. The van der Waals surface area contributed by atoms with Crippen molar-refractivity contribution >= 4 is 40.6 Å². The predicted molar refractivity (Wildman–Crippen MR) is 114 cm³/mol. The van der Waals surface area contributed by atoms with Crippen LogP contribution in [0.4, 0.5) is 5.69 Å². The molecular weight excluding hydrogens is 408 g/mol. The summed E-state index contributed by atoms with van der Waals surface area (Å²) < 4.78 is 5.38. The lowest BCUT2D eigenvalue weighted by Crippen LogP contribution is -2.28. The Kier molecular flexibility index (Phi) is 6.31. The van der Waals surface area contributed by atoms with E-state index >= 15 is 0 Å². The molecule has 0 spiro atoms. The van der Waals surface area contributed by atoms with E-state index in [1.54, 1.807) is 18.2 Å². The molecule has 1 heterocycles. The van der Waals surface area contributed by atoms with E-state index in [2.05, 4.69) is 4.99 Å². The Morgan fingerprint density at radius 3 is 2.57 bits per heavy atom. The molecule has 1 aliphatic heterocycles. The molecular formula is C21H20N2O6S. The van der Waals surface area contributed by atoms with Crippen molar-refractivity contribution in [2.75, 3.05) is 13.2 Å². The number of amidine groups is 1. The standard InChI is InChI=1S/C21H20N2O6S/c1-3-23-19(26)18(10-12-5-8-15(24)17(9-12)29-4-2)30-21(23)22-13-6-7-14(20(27)28)16(25)11-13/h5-11,24-25H,3-4H2,1-2H3,(H,27,28)/b18-10-,22-21?. The number of carboxylic acid groups (broad SMARTS) is 1. The number of aliphatic imine (C=N–C) groups is 1. The van der Waals surface area contributed by atoms with Crippen molar-refractivity contribution < 1.29 is 29.6 Å². The number of carboxylic acids is 1. The molecule has 1 aliphatic rings. The number of hydrogen-bond acceptors (Lipinski definition) is 7. The van der Waals surface area contributed by atoms with Crippen molar-refractivity contribution in [1.82, 2.24) is 4.90 Å². The first-order valence-electron chi connectivity index (χ1n) is 9.16. The summed E-state index contributed by atoms with van der Waals surface area (Å²) in [4.78, 5) is 30.1. The minimum absolute atomic E-state index is 0.0199. The smallest absolute Gasteiger partial charge is 0.339 e. The fourth-order valence-electron chi connectivity index (χ4n) is 2.79. The zero-order chi connectivity index (χ0) is 21.8. The Morgan fingerprint density at radius 2 is 1.93 bits per heavy atom. The quantitative estimate of drug-likeness (QED) is 0.598. The van der Waals surface area contributed by atoms with E-state index in [0.717, 1.165) is 0 Å². The third-order valence-electron chi connectivity index (χ3n) is 4.22. The van der Waals surface area contributed by atoms with Crippen LogP contribution in [0.5, 0.6) is 17.2 Å². The van der Waals surface area contributed by atoms with Crippen molar-refractivity contribution in [3.63, 3.8) is 0 Å². The van der Waals surface area contributed by atoms with Crippen LogP contribution in [-0.2, 0) is 4.79 Å². The maximum Gasteiger partial charge on any atom is 0.339 e. The topological polar surface area (TPSA) is 120 Å². The largest absolute Gasteiger partial charge is 0.507 e. The fourth-order valence-corrected chi connectivity index (χ4v) is 3.86. The minimum Gasteiger partial charge on any atom is -0.507 e. The zero-order valence-electron chi connectivity index (χ0n) is 16.3. The maximum atomic E-state index is 12.8. The summed E-state index contributed by atoms with van der Waals surface area (Å²) in [5, 5.41) is 29.1. The van der Waals surface area contributed by atoms with Gasteiger partial charge in [0.1, 0.15) is 11.3 Å². The van der Waals surface area contributed by atoms with Crippen LogP contribution >= 0.6 is 11.8 Å². The normalized spacial score (nSPS) is 16.5. The van der Waals surface area contributed by atoms with Gasteiger partial charge >= 0.3 is 5.97 Å². The Morgan fingerprint density at radius 1 is 1.17 bits per heavy atom. The van der Waals surface area contributed by atoms with Gasteiger partial charge in [-0.1, -0.05) is 6.07 Å². The minimum atomic E-state index is -1.24. The summed E-state index contributed by atoms with van der Waals surface area (Å²) in [6.45, 7) is 4.41. The molecule has 0 radical (unpaired) electrons. The maximum absolute atomic E-state index is 12.8. The van der Waals surface area contributed by atoms with Gasteiger partial charge < -0.3 is 20.1 Å². The van der Waals surface area contributed by atoms with E-state index in [4.69, 9.17) is 9.84 Å². The number of ether oxygens (including phenoxy) is 1. The number of amides is 1. The highest BCUT2D eigenvalue weighted by Crippen LogP contribution is 2.36. The average Bonchev–Trinajstić information content (AvgIpc) is 2.98. The summed E-state index contributed by atoms with van der Waals surface area (Å²) >= 11 is 1.17. The van der Waals surface area contributed by atoms with Gasteiger partial charge in [0.2, 0.25) is 0 Å². The van der Waals surface area contributed by atoms with Gasteiger partial charge in [-0.15, -0.1) is 0 Å². The van der Waals surface area contributed by atoms with Gasteiger partial charge in [-0.3, -0.25) is 9.69 Å². The Labute approximate surface area is 177 Å². The molecule has 2 aromatic carbocycles. The van der Waals surface area contributed by atoms with Gasteiger partial charge in [0, 0.05) is 12.6 Å². The van der Waals surface area contributed by atoms with Gasteiger partial charge in [0.05, 0.1) is 17.2 Å². The second kappa shape index (κ2) is 8.91. The first-order chi connectivity index (χ1) is 14.3. The van der Waals surface area contributed by atoms with Crippen LogP contribution < -0.4 is 4.74 Å². The van der Waals surface area contributed by atoms with Crippen LogP contribution in [-0.4, -0.2) is 50.4 Å². The zero-order valence-corrected chi connectivity index (χ0v) is 17.1. The number of rotatable bonds is 6. The van der Waals surface area contributed by atoms with Crippen molar-refractivity contribution in [3.8, 4) is 17.2 Å². The third kappa shape index (κ3) is 4.41. The van der Waals surface area contributed by atoms with Gasteiger partial charge in [-0.25, -0.2) is 9.79 Å². The van der Waals surface area contributed by atoms with E-state index in [9.17, 15) is 19.8 Å². The number of carbonyl (C=O) groups is 2. The average molecular weight is 428 g/mol. The van der Waals surface area contributed by atoms with E-state index in [1.807, 2.05) is 13.8 Å². The number of thioether (sulfide) groups is 1. The summed E-state index contributed by atoms with van der Waals surface area (Å²) in [5.41, 5.74) is 0.795. The Hall–Kier alpha value is -3.46. The number of phenolic OH excluding ortho intramolecular Hbond substituents is 1. The molecule has 0 atom stereocenters. The molecule has 156 valence electrons. The van der Waals surface area contributed by atoms with Gasteiger partial charge in [-0.2, -0.15) is 0 Å².